The Morgan fingerprint density at radius 2 is 2.00 bits per heavy atom. The molecule has 0 aliphatic heterocycles. The van der Waals surface area contributed by atoms with E-state index in [0.717, 1.165) is 21.0 Å². The Hall–Kier alpha value is -1.61. The summed E-state index contributed by atoms with van der Waals surface area (Å²) in [5.74, 6) is 0. The number of hydrogen-bond donors (Lipinski definition) is 1. The molecule has 1 N–H and O–H groups in total. The molecule has 0 spiro atoms. The van der Waals surface area contributed by atoms with Crippen LogP contribution in [-0.2, 0) is 0 Å². The zero-order valence-electron chi connectivity index (χ0n) is 8.20. The van der Waals surface area contributed by atoms with E-state index in [2.05, 4.69) is 11.1 Å². The van der Waals surface area contributed by atoms with Gasteiger partial charge in [0.25, 0.3) is 5.56 Å². The molecule has 74 valence electrons. The molecular formula is C12H9NOS. The largest absolute Gasteiger partial charge is 0.321 e. The maximum Gasteiger partial charge on any atom is 0.266 e. The first-order valence-electron chi connectivity index (χ1n) is 4.77. The second-order valence-corrected chi connectivity index (χ2v) is 4.86. The second-order valence-electron chi connectivity index (χ2n) is 3.60. The summed E-state index contributed by atoms with van der Waals surface area (Å²) in [4.78, 5) is 15.8. The van der Waals surface area contributed by atoms with Crippen molar-refractivity contribution in [2.75, 3.05) is 0 Å². The van der Waals surface area contributed by atoms with Crippen LogP contribution in [-0.4, -0.2) is 4.98 Å². The lowest BCUT2D eigenvalue weighted by molar-refractivity contribution is 1.36. The normalized spacial score (nSPS) is 11.3. The summed E-state index contributed by atoms with van der Waals surface area (Å²) in [6.07, 6.45) is 0. The third kappa shape index (κ3) is 1.20. The highest BCUT2D eigenvalue weighted by Crippen LogP contribution is 2.27. The van der Waals surface area contributed by atoms with E-state index >= 15 is 0 Å². The van der Waals surface area contributed by atoms with Crippen LogP contribution in [0.4, 0.5) is 0 Å². The van der Waals surface area contributed by atoms with Crippen LogP contribution >= 0.6 is 11.3 Å². The summed E-state index contributed by atoms with van der Waals surface area (Å²) in [6, 6.07) is 9.98. The average molecular weight is 215 g/mol. The molecule has 0 amide bonds. The summed E-state index contributed by atoms with van der Waals surface area (Å²) in [5.41, 5.74) is 0.926. The molecular weight excluding hydrogens is 206 g/mol. The summed E-state index contributed by atoms with van der Waals surface area (Å²) in [7, 11) is 0. The Morgan fingerprint density at radius 3 is 2.87 bits per heavy atom. The van der Waals surface area contributed by atoms with Gasteiger partial charge >= 0.3 is 0 Å². The van der Waals surface area contributed by atoms with Crippen LogP contribution in [0.15, 0.2) is 35.1 Å². The van der Waals surface area contributed by atoms with Crippen molar-refractivity contribution >= 4 is 32.3 Å². The molecule has 15 heavy (non-hydrogen) atoms. The topological polar surface area (TPSA) is 32.9 Å². The molecule has 1 aromatic carbocycles. The molecule has 3 rings (SSSR count). The summed E-state index contributed by atoms with van der Waals surface area (Å²) >= 11 is 1.55. The number of H-pyrrole nitrogens is 1. The molecule has 0 radical (unpaired) electrons. The van der Waals surface area contributed by atoms with Gasteiger partial charge in [0.05, 0.1) is 0 Å². The van der Waals surface area contributed by atoms with Crippen LogP contribution in [0.5, 0.6) is 0 Å². The number of thiophene rings is 1. The summed E-state index contributed by atoms with van der Waals surface area (Å²) in [5, 5.41) is 2.19. The van der Waals surface area contributed by atoms with Gasteiger partial charge in [-0.3, -0.25) is 4.79 Å². The van der Waals surface area contributed by atoms with Gasteiger partial charge in [-0.05, 0) is 19.1 Å². The third-order valence-corrected chi connectivity index (χ3v) is 3.58. The number of aromatic nitrogens is 1. The quantitative estimate of drug-likeness (QED) is 0.614. The highest BCUT2D eigenvalue weighted by molar-refractivity contribution is 7.19. The van der Waals surface area contributed by atoms with E-state index in [-0.39, 0.29) is 5.56 Å². The predicted octanol–water partition coefficient (Wildman–Crippen LogP) is 3.05. The SMILES string of the molecule is Cc1cc2c(s1)c(=O)[nH]c1ccccc12. The number of pyridine rings is 1. The number of fused-ring (bicyclic) bond motifs is 3. The Labute approximate surface area is 90.2 Å². The molecule has 0 saturated heterocycles. The molecule has 0 bridgehead atoms. The number of aromatic amines is 1. The monoisotopic (exact) mass is 215 g/mol. The van der Waals surface area contributed by atoms with Gasteiger partial charge < -0.3 is 4.98 Å². The molecule has 2 aromatic heterocycles. The van der Waals surface area contributed by atoms with E-state index in [0.29, 0.717) is 0 Å². The van der Waals surface area contributed by atoms with Crippen molar-refractivity contribution in [1.82, 2.24) is 4.98 Å². The maximum absolute atomic E-state index is 11.8. The average Bonchev–Trinajstić information content (AvgIpc) is 2.61. The first-order chi connectivity index (χ1) is 7.25. The molecule has 0 atom stereocenters. The van der Waals surface area contributed by atoms with Gasteiger partial charge in [0.2, 0.25) is 0 Å². The minimum atomic E-state index is 0.0156. The first kappa shape index (κ1) is 8.68. The molecule has 3 aromatic rings. The van der Waals surface area contributed by atoms with Crippen LogP contribution in [0.25, 0.3) is 21.0 Å². The Morgan fingerprint density at radius 1 is 1.20 bits per heavy atom. The number of hydrogen-bond acceptors (Lipinski definition) is 2. The van der Waals surface area contributed by atoms with E-state index in [1.807, 2.05) is 31.2 Å². The van der Waals surface area contributed by atoms with Crippen molar-refractivity contribution in [3.8, 4) is 0 Å². The molecule has 2 nitrogen and oxygen atoms in total. The smallest absolute Gasteiger partial charge is 0.266 e. The van der Waals surface area contributed by atoms with Gasteiger partial charge in [-0.2, -0.15) is 0 Å². The summed E-state index contributed by atoms with van der Waals surface area (Å²) < 4.78 is 0.825. The van der Waals surface area contributed by atoms with E-state index in [9.17, 15) is 4.79 Å². The van der Waals surface area contributed by atoms with E-state index in [1.54, 1.807) is 11.3 Å². The first-order valence-corrected chi connectivity index (χ1v) is 5.58. The number of nitrogens with one attached hydrogen (secondary N) is 1. The van der Waals surface area contributed by atoms with Crippen molar-refractivity contribution in [3.05, 3.63) is 45.6 Å². The Balaban J connectivity index is 2.69. The minimum Gasteiger partial charge on any atom is -0.321 e. The third-order valence-electron chi connectivity index (χ3n) is 2.53. The predicted molar refractivity (Wildman–Crippen MR) is 64.7 cm³/mol. The molecule has 0 unspecified atom stereocenters. The maximum atomic E-state index is 11.8. The van der Waals surface area contributed by atoms with Crippen molar-refractivity contribution in [2.24, 2.45) is 0 Å². The van der Waals surface area contributed by atoms with Gasteiger partial charge in [0.1, 0.15) is 4.70 Å². The number of para-hydroxylation sites is 1. The van der Waals surface area contributed by atoms with Crippen LogP contribution < -0.4 is 5.56 Å². The van der Waals surface area contributed by atoms with Crippen LogP contribution in [0.3, 0.4) is 0 Å². The van der Waals surface area contributed by atoms with E-state index < -0.39 is 0 Å². The van der Waals surface area contributed by atoms with E-state index in [4.69, 9.17) is 0 Å². The van der Waals surface area contributed by atoms with E-state index in [1.165, 1.54) is 4.88 Å². The van der Waals surface area contributed by atoms with Gasteiger partial charge in [-0.15, -0.1) is 11.3 Å². The lowest BCUT2D eigenvalue weighted by Crippen LogP contribution is -2.03. The fourth-order valence-electron chi connectivity index (χ4n) is 1.89. The summed E-state index contributed by atoms with van der Waals surface area (Å²) in [6.45, 7) is 2.03. The van der Waals surface area contributed by atoms with Gasteiger partial charge in [-0.1, -0.05) is 18.2 Å². The van der Waals surface area contributed by atoms with Crippen molar-refractivity contribution in [1.29, 1.82) is 0 Å². The van der Waals surface area contributed by atoms with Crippen molar-refractivity contribution in [2.45, 2.75) is 6.92 Å². The highest BCUT2D eigenvalue weighted by Gasteiger charge is 2.06. The highest BCUT2D eigenvalue weighted by atomic mass is 32.1. The molecule has 0 aliphatic rings. The number of aryl methyl sites for hydroxylation is 1. The number of benzene rings is 1. The van der Waals surface area contributed by atoms with Crippen molar-refractivity contribution in [3.63, 3.8) is 0 Å². The second kappa shape index (κ2) is 2.94. The van der Waals surface area contributed by atoms with Gasteiger partial charge in [0, 0.05) is 21.2 Å². The fraction of sp³-hybridized carbons (Fsp3) is 0.0833. The molecule has 0 aliphatic carbocycles. The van der Waals surface area contributed by atoms with Gasteiger partial charge in [-0.25, -0.2) is 0 Å². The van der Waals surface area contributed by atoms with Crippen LogP contribution in [0.2, 0.25) is 0 Å². The van der Waals surface area contributed by atoms with Crippen LogP contribution in [0, 0.1) is 6.92 Å². The lowest BCUT2D eigenvalue weighted by atomic mass is 10.1. The molecule has 2 heterocycles. The molecule has 3 heteroatoms. The standard InChI is InChI=1S/C12H9NOS/c1-7-6-9-8-4-2-3-5-10(8)13-12(14)11(9)15-7/h2-6H,1H3,(H,13,14). The Kier molecular flexibility index (Phi) is 1.70. The van der Waals surface area contributed by atoms with Crippen molar-refractivity contribution < 1.29 is 0 Å². The van der Waals surface area contributed by atoms with Gasteiger partial charge in [0.15, 0.2) is 0 Å². The zero-order valence-corrected chi connectivity index (χ0v) is 9.02. The van der Waals surface area contributed by atoms with Crippen LogP contribution in [0.1, 0.15) is 4.88 Å². The molecule has 0 fully saturated rings. The minimum absolute atomic E-state index is 0.0156. The molecule has 0 saturated carbocycles. The zero-order chi connectivity index (χ0) is 10.4. The Bertz CT molecular complexity index is 708. The number of rotatable bonds is 0. The lowest BCUT2D eigenvalue weighted by Gasteiger charge is -1.97. The fourth-order valence-corrected chi connectivity index (χ4v) is 2.81.